The smallest absolute Gasteiger partial charge is 0.119 e. The van der Waals surface area contributed by atoms with E-state index in [1.165, 1.54) is 16.7 Å². The molecule has 2 nitrogen and oxygen atoms in total. The van der Waals surface area contributed by atoms with Gasteiger partial charge in [-0.05, 0) is 60.4 Å². The van der Waals surface area contributed by atoms with Gasteiger partial charge in [-0.2, -0.15) is 11.3 Å². The summed E-state index contributed by atoms with van der Waals surface area (Å²) in [6.45, 7) is 8.06. The van der Waals surface area contributed by atoms with E-state index in [9.17, 15) is 0 Å². The Hall–Kier alpha value is -1.32. The number of nitrogens with one attached hydrogen (secondary N) is 1. The molecule has 0 amide bonds. The summed E-state index contributed by atoms with van der Waals surface area (Å²) in [5.74, 6) is 0.937. The first-order valence-corrected chi connectivity index (χ1v) is 7.57. The van der Waals surface area contributed by atoms with Crippen LogP contribution in [0.3, 0.4) is 0 Å². The maximum absolute atomic E-state index is 5.63. The Bertz CT molecular complexity index is 502. The lowest BCUT2D eigenvalue weighted by molar-refractivity contribution is 0.242. The fraction of sp³-hybridized carbons (Fsp3) is 0.375. The lowest BCUT2D eigenvalue weighted by atomic mass is 10.2. The number of hydrogen-bond donors (Lipinski definition) is 1. The number of benzene rings is 1. The average Bonchev–Trinajstić information content (AvgIpc) is 2.77. The van der Waals surface area contributed by atoms with Crippen molar-refractivity contribution in [2.45, 2.75) is 40.0 Å². The molecule has 102 valence electrons. The average molecular weight is 275 g/mol. The van der Waals surface area contributed by atoms with Gasteiger partial charge >= 0.3 is 0 Å². The molecule has 0 unspecified atom stereocenters. The van der Waals surface area contributed by atoms with Gasteiger partial charge in [0.05, 0.1) is 6.10 Å². The molecule has 0 saturated heterocycles. The highest BCUT2D eigenvalue weighted by atomic mass is 32.1. The molecule has 0 spiro atoms. The van der Waals surface area contributed by atoms with Crippen LogP contribution >= 0.6 is 11.3 Å². The maximum Gasteiger partial charge on any atom is 0.119 e. The minimum atomic E-state index is 0.227. The number of thiophene rings is 1. The molecule has 19 heavy (non-hydrogen) atoms. The van der Waals surface area contributed by atoms with E-state index in [1.807, 2.05) is 26.0 Å². The van der Waals surface area contributed by atoms with Gasteiger partial charge in [-0.1, -0.05) is 12.1 Å². The van der Waals surface area contributed by atoms with E-state index in [2.05, 4.69) is 35.1 Å². The van der Waals surface area contributed by atoms with E-state index in [-0.39, 0.29) is 6.10 Å². The second-order valence-electron chi connectivity index (χ2n) is 4.99. The van der Waals surface area contributed by atoms with Crippen molar-refractivity contribution < 1.29 is 4.74 Å². The highest BCUT2D eigenvalue weighted by molar-refractivity contribution is 7.08. The summed E-state index contributed by atoms with van der Waals surface area (Å²) in [5, 5.41) is 7.87. The van der Waals surface area contributed by atoms with Crippen LogP contribution in [0.2, 0.25) is 0 Å². The van der Waals surface area contributed by atoms with E-state index >= 15 is 0 Å². The lowest BCUT2D eigenvalue weighted by Crippen LogP contribution is -2.12. The molecule has 0 bridgehead atoms. The van der Waals surface area contributed by atoms with Crippen molar-refractivity contribution in [1.82, 2.24) is 5.32 Å². The summed E-state index contributed by atoms with van der Waals surface area (Å²) in [4.78, 5) is 0. The first kappa shape index (κ1) is 14.1. The Morgan fingerprint density at radius 3 is 2.42 bits per heavy atom. The molecule has 0 saturated carbocycles. The molecule has 0 atom stereocenters. The highest BCUT2D eigenvalue weighted by Crippen LogP contribution is 2.15. The Kier molecular flexibility index (Phi) is 5.00. The van der Waals surface area contributed by atoms with Crippen LogP contribution in [0.15, 0.2) is 35.0 Å². The zero-order chi connectivity index (χ0) is 13.7. The third kappa shape index (κ3) is 4.37. The Labute approximate surface area is 119 Å². The molecule has 0 aliphatic carbocycles. The number of rotatable bonds is 6. The van der Waals surface area contributed by atoms with E-state index in [1.54, 1.807) is 11.3 Å². The monoisotopic (exact) mass is 275 g/mol. The Morgan fingerprint density at radius 1 is 1.11 bits per heavy atom. The quantitative estimate of drug-likeness (QED) is 0.855. The van der Waals surface area contributed by atoms with Gasteiger partial charge in [-0.15, -0.1) is 0 Å². The van der Waals surface area contributed by atoms with Gasteiger partial charge < -0.3 is 10.1 Å². The molecule has 1 heterocycles. The van der Waals surface area contributed by atoms with Crippen LogP contribution in [0, 0.1) is 6.92 Å². The van der Waals surface area contributed by atoms with Crippen LogP contribution in [0.5, 0.6) is 5.75 Å². The van der Waals surface area contributed by atoms with Crippen molar-refractivity contribution in [1.29, 1.82) is 0 Å². The molecule has 0 radical (unpaired) electrons. The summed E-state index contributed by atoms with van der Waals surface area (Å²) in [5.41, 5.74) is 4.05. The highest BCUT2D eigenvalue weighted by Gasteiger charge is 2.00. The second kappa shape index (κ2) is 6.73. The molecule has 0 fully saturated rings. The number of aryl methyl sites for hydroxylation is 1. The zero-order valence-corrected chi connectivity index (χ0v) is 12.6. The lowest BCUT2D eigenvalue weighted by Gasteiger charge is -2.10. The molecular weight excluding hydrogens is 254 g/mol. The van der Waals surface area contributed by atoms with Crippen LogP contribution in [0.4, 0.5) is 0 Å². The summed E-state index contributed by atoms with van der Waals surface area (Å²) in [6.07, 6.45) is 0.227. The van der Waals surface area contributed by atoms with Crippen LogP contribution < -0.4 is 10.1 Å². The van der Waals surface area contributed by atoms with E-state index in [4.69, 9.17) is 4.74 Å². The number of ether oxygens (including phenoxy) is 1. The van der Waals surface area contributed by atoms with Crippen molar-refractivity contribution in [3.63, 3.8) is 0 Å². The SMILES string of the molecule is Cc1cscc1CNCc1ccc(OC(C)C)cc1. The largest absolute Gasteiger partial charge is 0.491 e. The summed E-state index contributed by atoms with van der Waals surface area (Å²) in [7, 11) is 0. The molecule has 0 aliphatic rings. The van der Waals surface area contributed by atoms with Crippen LogP contribution in [-0.4, -0.2) is 6.10 Å². The molecule has 2 rings (SSSR count). The van der Waals surface area contributed by atoms with Crippen molar-refractivity contribution in [2.75, 3.05) is 0 Å². The van der Waals surface area contributed by atoms with Crippen molar-refractivity contribution in [2.24, 2.45) is 0 Å². The summed E-state index contributed by atoms with van der Waals surface area (Å²) >= 11 is 1.76. The third-order valence-electron chi connectivity index (χ3n) is 2.90. The fourth-order valence-corrected chi connectivity index (χ4v) is 2.72. The Balaban J connectivity index is 1.81. The minimum Gasteiger partial charge on any atom is -0.491 e. The fourth-order valence-electron chi connectivity index (χ4n) is 1.87. The molecule has 1 N–H and O–H groups in total. The molecular formula is C16H21NOS. The van der Waals surface area contributed by atoms with Crippen molar-refractivity contribution in [3.05, 3.63) is 51.7 Å². The zero-order valence-electron chi connectivity index (χ0n) is 11.8. The predicted molar refractivity (Wildman–Crippen MR) is 81.8 cm³/mol. The van der Waals surface area contributed by atoms with Gasteiger partial charge in [0.15, 0.2) is 0 Å². The molecule has 1 aromatic heterocycles. The first-order chi connectivity index (χ1) is 9.15. The second-order valence-corrected chi connectivity index (χ2v) is 5.74. The molecule has 3 heteroatoms. The minimum absolute atomic E-state index is 0.227. The van der Waals surface area contributed by atoms with Gasteiger partial charge in [0.1, 0.15) is 5.75 Å². The van der Waals surface area contributed by atoms with E-state index in [0.717, 1.165) is 18.8 Å². The van der Waals surface area contributed by atoms with Gasteiger partial charge in [0.2, 0.25) is 0 Å². The molecule has 1 aromatic carbocycles. The normalized spacial score (nSPS) is 10.9. The van der Waals surface area contributed by atoms with Crippen molar-refractivity contribution in [3.8, 4) is 5.75 Å². The van der Waals surface area contributed by atoms with Crippen LogP contribution in [0.1, 0.15) is 30.5 Å². The topological polar surface area (TPSA) is 21.3 Å². The predicted octanol–water partition coefficient (Wildman–Crippen LogP) is 4.13. The van der Waals surface area contributed by atoms with Crippen molar-refractivity contribution >= 4 is 11.3 Å². The first-order valence-electron chi connectivity index (χ1n) is 6.63. The Morgan fingerprint density at radius 2 is 1.84 bits per heavy atom. The van der Waals surface area contributed by atoms with Gasteiger partial charge in [0, 0.05) is 13.1 Å². The van der Waals surface area contributed by atoms with Gasteiger partial charge in [0.25, 0.3) is 0 Å². The van der Waals surface area contributed by atoms with E-state index in [0.29, 0.717) is 0 Å². The third-order valence-corrected chi connectivity index (χ3v) is 3.81. The summed E-state index contributed by atoms with van der Waals surface area (Å²) in [6, 6.07) is 8.30. The van der Waals surface area contributed by atoms with Crippen LogP contribution in [0.25, 0.3) is 0 Å². The van der Waals surface area contributed by atoms with Gasteiger partial charge in [-0.3, -0.25) is 0 Å². The van der Waals surface area contributed by atoms with Crippen LogP contribution in [-0.2, 0) is 13.1 Å². The summed E-state index contributed by atoms with van der Waals surface area (Å²) < 4.78 is 5.63. The van der Waals surface area contributed by atoms with Gasteiger partial charge in [-0.25, -0.2) is 0 Å². The number of hydrogen-bond acceptors (Lipinski definition) is 3. The standard InChI is InChI=1S/C16H21NOS/c1-12(2)18-16-6-4-14(5-7-16)8-17-9-15-11-19-10-13(15)3/h4-7,10-12,17H,8-9H2,1-3H3. The molecule has 0 aliphatic heterocycles. The maximum atomic E-state index is 5.63. The van der Waals surface area contributed by atoms with E-state index < -0.39 is 0 Å². The molecule has 2 aromatic rings.